The zero-order valence-corrected chi connectivity index (χ0v) is 11.3. The fraction of sp³-hybridized carbons (Fsp3) is 0.231. The highest BCUT2D eigenvalue weighted by molar-refractivity contribution is 6.17. The zero-order chi connectivity index (χ0) is 13.6. The second-order valence-corrected chi connectivity index (χ2v) is 4.62. The van der Waals surface area contributed by atoms with Gasteiger partial charge < -0.3 is 0 Å². The van der Waals surface area contributed by atoms with Gasteiger partial charge >= 0.3 is 0 Å². The summed E-state index contributed by atoms with van der Waals surface area (Å²) in [6, 6.07) is 6.24. The van der Waals surface area contributed by atoms with Crippen molar-refractivity contribution in [3.05, 3.63) is 41.6 Å². The molecule has 98 valence electrons. The lowest BCUT2D eigenvalue weighted by Gasteiger charge is -2.08. The molecule has 0 amide bonds. The maximum absolute atomic E-state index is 13.0. The van der Waals surface area contributed by atoms with Gasteiger partial charge in [-0.1, -0.05) is 0 Å². The second kappa shape index (κ2) is 4.35. The minimum absolute atomic E-state index is 0.270. The van der Waals surface area contributed by atoms with Gasteiger partial charge in [-0.3, -0.25) is 4.57 Å². The molecule has 2 aromatic heterocycles. The number of hydrogen-bond acceptors (Lipinski definition) is 2. The van der Waals surface area contributed by atoms with Gasteiger partial charge in [0.2, 0.25) is 0 Å². The molecule has 3 aromatic rings. The average molecular weight is 279 g/mol. The zero-order valence-electron chi connectivity index (χ0n) is 10.6. The van der Waals surface area contributed by atoms with Crippen LogP contribution in [0.5, 0.6) is 0 Å². The van der Waals surface area contributed by atoms with E-state index in [1.54, 1.807) is 16.8 Å². The molecule has 0 saturated heterocycles. The first-order valence-electron chi connectivity index (χ1n) is 5.84. The van der Waals surface area contributed by atoms with E-state index in [4.69, 9.17) is 11.6 Å². The third kappa shape index (κ3) is 1.81. The SMILES string of the molecule is Cc1nn(C)c2c1nc(CCl)n2-c1ccc(F)cc1. The molecule has 4 nitrogen and oxygen atoms in total. The van der Waals surface area contributed by atoms with Gasteiger partial charge in [0, 0.05) is 12.7 Å². The molecule has 0 aliphatic heterocycles. The Bertz CT molecular complexity index is 742. The van der Waals surface area contributed by atoms with Crippen LogP contribution in [-0.4, -0.2) is 19.3 Å². The number of hydrogen-bond donors (Lipinski definition) is 0. The third-order valence-corrected chi connectivity index (χ3v) is 3.32. The predicted molar refractivity (Wildman–Crippen MR) is 72.1 cm³/mol. The lowest BCUT2D eigenvalue weighted by Crippen LogP contribution is -2.04. The van der Waals surface area contributed by atoms with E-state index in [-0.39, 0.29) is 11.7 Å². The number of aryl methyl sites for hydroxylation is 2. The van der Waals surface area contributed by atoms with Gasteiger partial charge in [-0.2, -0.15) is 5.10 Å². The molecule has 0 unspecified atom stereocenters. The normalized spacial score (nSPS) is 11.4. The van der Waals surface area contributed by atoms with E-state index >= 15 is 0 Å². The lowest BCUT2D eigenvalue weighted by molar-refractivity contribution is 0.627. The fourth-order valence-electron chi connectivity index (χ4n) is 2.27. The molecule has 0 spiro atoms. The van der Waals surface area contributed by atoms with Crippen molar-refractivity contribution in [3.63, 3.8) is 0 Å². The van der Waals surface area contributed by atoms with Crippen LogP contribution in [0.1, 0.15) is 11.5 Å². The van der Waals surface area contributed by atoms with Crippen LogP contribution in [0.2, 0.25) is 0 Å². The molecule has 2 heterocycles. The third-order valence-electron chi connectivity index (χ3n) is 3.08. The van der Waals surface area contributed by atoms with Gasteiger partial charge in [0.1, 0.15) is 17.2 Å². The molecule has 0 aliphatic carbocycles. The van der Waals surface area contributed by atoms with E-state index in [2.05, 4.69) is 10.1 Å². The van der Waals surface area contributed by atoms with E-state index in [0.717, 1.165) is 28.4 Å². The van der Waals surface area contributed by atoms with Crippen molar-refractivity contribution in [2.24, 2.45) is 7.05 Å². The monoisotopic (exact) mass is 278 g/mol. The van der Waals surface area contributed by atoms with E-state index in [9.17, 15) is 4.39 Å². The Hall–Kier alpha value is -1.88. The quantitative estimate of drug-likeness (QED) is 0.676. The molecule has 6 heteroatoms. The largest absolute Gasteiger partial charge is 0.280 e. The number of rotatable bonds is 2. The number of aromatic nitrogens is 4. The highest BCUT2D eigenvalue weighted by Gasteiger charge is 2.17. The van der Waals surface area contributed by atoms with E-state index in [0.29, 0.717) is 0 Å². The van der Waals surface area contributed by atoms with Gasteiger partial charge in [-0.05, 0) is 31.2 Å². The first-order valence-corrected chi connectivity index (χ1v) is 6.38. The van der Waals surface area contributed by atoms with Crippen molar-refractivity contribution in [1.82, 2.24) is 19.3 Å². The lowest BCUT2D eigenvalue weighted by atomic mass is 10.3. The summed E-state index contributed by atoms with van der Waals surface area (Å²) in [6.45, 7) is 1.91. The first kappa shape index (κ1) is 12.2. The van der Waals surface area contributed by atoms with Crippen LogP contribution in [0.3, 0.4) is 0 Å². The Morgan fingerprint density at radius 2 is 1.95 bits per heavy atom. The van der Waals surface area contributed by atoms with Crippen molar-refractivity contribution in [3.8, 4) is 5.69 Å². The summed E-state index contributed by atoms with van der Waals surface area (Å²) >= 11 is 5.96. The number of benzene rings is 1. The summed E-state index contributed by atoms with van der Waals surface area (Å²) in [6.07, 6.45) is 0. The molecule has 0 N–H and O–H groups in total. The summed E-state index contributed by atoms with van der Waals surface area (Å²) in [4.78, 5) is 4.50. The summed E-state index contributed by atoms with van der Waals surface area (Å²) in [5.41, 5.74) is 3.36. The second-order valence-electron chi connectivity index (χ2n) is 4.35. The van der Waals surface area contributed by atoms with Crippen molar-refractivity contribution in [2.45, 2.75) is 12.8 Å². The van der Waals surface area contributed by atoms with E-state index in [1.165, 1.54) is 12.1 Å². The summed E-state index contributed by atoms with van der Waals surface area (Å²) in [5, 5.41) is 4.35. The number of alkyl halides is 1. The molecule has 0 bridgehead atoms. The smallest absolute Gasteiger partial charge is 0.163 e. The van der Waals surface area contributed by atoms with Crippen LogP contribution in [0.15, 0.2) is 24.3 Å². The van der Waals surface area contributed by atoms with Crippen LogP contribution in [-0.2, 0) is 12.9 Å². The van der Waals surface area contributed by atoms with Gasteiger partial charge in [-0.15, -0.1) is 11.6 Å². The number of fused-ring (bicyclic) bond motifs is 1. The molecule has 19 heavy (non-hydrogen) atoms. The van der Waals surface area contributed by atoms with Crippen LogP contribution >= 0.6 is 11.6 Å². The van der Waals surface area contributed by atoms with Gasteiger partial charge in [0.05, 0.1) is 11.6 Å². The van der Waals surface area contributed by atoms with Gasteiger partial charge in [-0.25, -0.2) is 14.1 Å². The number of nitrogens with zero attached hydrogens (tertiary/aromatic N) is 4. The summed E-state index contributed by atoms with van der Waals surface area (Å²) < 4.78 is 16.7. The fourth-order valence-corrected chi connectivity index (χ4v) is 2.45. The highest BCUT2D eigenvalue weighted by atomic mass is 35.5. The Kier molecular flexibility index (Phi) is 2.78. The van der Waals surface area contributed by atoms with Gasteiger partial charge in [0.25, 0.3) is 0 Å². The van der Waals surface area contributed by atoms with Crippen LogP contribution in [0.25, 0.3) is 16.9 Å². The van der Waals surface area contributed by atoms with Crippen LogP contribution in [0, 0.1) is 12.7 Å². The number of imidazole rings is 1. The molecular weight excluding hydrogens is 267 g/mol. The Morgan fingerprint density at radius 3 is 2.58 bits per heavy atom. The molecule has 0 atom stereocenters. The first-order chi connectivity index (χ1) is 9.11. The Balaban J connectivity index is 2.34. The van der Waals surface area contributed by atoms with Crippen molar-refractivity contribution >= 4 is 22.8 Å². The van der Waals surface area contributed by atoms with E-state index < -0.39 is 0 Å². The maximum atomic E-state index is 13.0. The van der Waals surface area contributed by atoms with Crippen molar-refractivity contribution in [1.29, 1.82) is 0 Å². The minimum Gasteiger partial charge on any atom is -0.280 e. The molecular formula is C13H12ClFN4. The molecule has 1 aromatic carbocycles. The van der Waals surface area contributed by atoms with Gasteiger partial charge in [0.15, 0.2) is 5.65 Å². The average Bonchev–Trinajstić information content (AvgIpc) is 2.90. The van der Waals surface area contributed by atoms with E-state index in [1.807, 2.05) is 18.5 Å². The van der Waals surface area contributed by atoms with Crippen molar-refractivity contribution < 1.29 is 4.39 Å². The standard InChI is InChI=1S/C13H12ClFN4/c1-8-12-13(18(2)17-8)19(11(7-14)16-12)10-5-3-9(15)4-6-10/h3-6H,7H2,1-2H3. The molecule has 0 fully saturated rings. The minimum atomic E-state index is -0.270. The molecule has 0 aliphatic rings. The maximum Gasteiger partial charge on any atom is 0.163 e. The molecule has 3 rings (SSSR count). The number of halogens is 2. The Labute approximate surface area is 114 Å². The Morgan fingerprint density at radius 1 is 1.26 bits per heavy atom. The highest BCUT2D eigenvalue weighted by Crippen LogP contribution is 2.24. The van der Waals surface area contributed by atoms with Crippen LogP contribution < -0.4 is 0 Å². The topological polar surface area (TPSA) is 35.6 Å². The summed E-state index contributed by atoms with van der Waals surface area (Å²) in [7, 11) is 1.86. The predicted octanol–water partition coefficient (Wildman–Crippen LogP) is 2.95. The molecule has 0 saturated carbocycles. The molecule has 0 radical (unpaired) electrons. The summed E-state index contributed by atoms with van der Waals surface area (Å²) in [5.74, 6) is 0.735. The van der Waals surface area contributed by atoms with Crippen LogP contribution in [0.4, 0.5) is 4.39 Å². The van der Waals surface area contributed by atoms with Crippen molar-refractivity contribution in [2.75, 3.05) is 0 Å².